The normalized spacial score (nSPS) is 36.4. The monoisotopic (exact) mass is 294 g/mol. The van der Waals surface area contributed by atoms with Crippen LogP contribution < -0.4 is 0 Å². The van der Waals surface area contributed by atoms with Crippen molar-refractivity contribution in [2.45, 2.75) is 105 Å². The molecule has 0 aromatic carbocycles. The lowest BCUT2D eigenvalue weighted by atomic mass is 9.56. The van der Waals surface area contributed by atoms with E-state index >= 15 is 0 Å². The Labute approximate surface area is 135 Å². The number of fused-ring (bicyclic) bond motifs is 2. The molecule has 21 heavy (non-hydrogen) atoms. The fourth-order valence-corrected chi connectivity index (χ4v) is 3.86. The van der Waals surface area contributed by atoms with Gasteiger partial charge in [-0.1, -0.05) is 73.1 Å². The summed E-state index contributed by atoms with van der Waals surface area (Å²) in [6, 6.07) is 0. The maximum absolute atomic E-state index is 2.31. The second-order valence-corrected chi connectivity index (χ2v) is 7.61. The maximum atomic E-state index is 2.31. The van der Waals surface area contributed by atoms with Crippen LogP contribution in [0.25, 0.3) is 0 Å². The summed E-state index contributed by atoms with van der Waals surface area (Å²) in [5.74, 6) is 5.84. The molecule has 0 aliphatic heterocycles. The molecular weight excluding hydrogens is 252 g/mol. The van der Waals surface area contributed by atoms with Crippen molar-refractivity contribution in [2.24, 2.45) is 29.6 Å². The third kappa shape index (κ3) is 6.33. The topological polar surface area (TPSA) is 0 Å². The first-order valence-electron chi connectivity index (χ1n) is 10.3. The lowest BCUT2D eigenvalue weighted by molar-refractivity contribution is 0.0198. The van der Waals surface area contributed by atoms with E-state index in [1.807, 2.05) is 27.7 Å². The van der Waals surface area contributed by atoms with Gasteiger partial charge in [0.25, 0.3) is 0 Å². The summed E-state index contributed by atoms with van der Waals surface area (Å²) in [6.07, 6.45) is 17.0. The maximum Gasteiger partial charge on any atom is -0.0406 e. The van der Waals surface area contributed by atoms with Gasteiger partial charge in [-0.25, -0.2) is 0 Å². The van der Waals surface area contributed by atoms with E-state index in [0.717, 1.165) is 5.92 Å². The summed E-state index contributed by atoms with van der Waals surface area (Å²) in [7, 11) is 0. The van der Waals surface area contributed by atoms with Crippen LogP contribution in [-0.2, 0) is 0 Å². The molecule has 0 nitrogen and oxygen atoms in total. The molecule has 7 saturated carbocycles. The molecule has 0 heteroatoms. The minimum absolute atomic E-state index is 1.06. The van der Waals surface area contributed by atoms with Gasteiger partial charge in [-0.15, -0.1) is 0 Å². The van der Waals surface area contributed by atoms with E-state index in [0.29, 0.717) is 0 Å². The molecule has 7 rings (SSSR count). The largest absolute Gasteiger partial charge is 0.0683 e. The molecule has 4 bridgehead atoms. The van der Waals surface area contributed by atoms with Crippen LogP contribution in [0.5, 0.6) is 0 Å². The molecule has 0 saturated heterocycles. The van der Waals surface area contributed by atoms with Gasteiger partial charge in [0.1, 0.15) is 0 Å². The second kappa shape index (κ2) is 10.7. The van der Waals surface area contributed by atoms with Gasteiger partial charge in [0.2, 0.25) is 0 Å². The highest BCUT2D eigenvalue weighted by atomic mass is 14.5. The van der Waals surface area contributed by atoms with E-state index < -0.39 is 0 Å². The third-order valence-electron chi connectivity index (χ3n) is 5.95. The fraction of sp³-hybridized carbons (Fsp3) is 1.00. The van der Waals surface area contributed by atoms with Gasteiger partial charge < -0.3 is 0 Å². The number of rotatable bonds is 0. The molecule has 0 N–H and O–H groups in total. The van der Waals surface area contributed by atoms with Crippen LogP contribution in [0.1, 0.15) is 105 Å². The zero-order chi connectivity index (χ0) is 15.7. The van der Waals surface area contributed by atoms with E-state index in [2.05, 4.69) is 6.92 Å². The Balaban J connectivity index is 0.000000143. The van der Waals surface area contributed by atoms with Crippen LogP contribution in [-0.4, -0.2) is 0 Å². The van der Waals surface area contributed by atoms with Crippen molar-refractivity contribution in [3.05, 3.63) is 0 Å². The van der Waals surface area contributed by atoms with Gasteiger partial charge in [-0.05, 0) is 61.7 Å². The minimum Gasteiger partial charge on any atom is -0.0683 e. The summed E-state index contributed by atoms with van der Waals surface area (Å²) in [4.78, 5) is 0. The van der Waals surface area contributed by atoms with Crippen molar-refractivity contribution < 1.29 is 0 Å². The lowest BCUT2D eigenvalue weighted by Crippen LogP contribution is -2.38. The zero-order valence-electron chi connectivity index (χ0n) is 15.7. The molecule has 0 spiro atoms. The first-order valence-corrected chi connectivity index (χ1v) is 10.3. The number of hydrogen-bond donors (Lipinski definition) is 0. The Hall–Kier alpha value is 0. The van der Waals surface area contributed by atoms with E-state index in [1.54, 1.807) is 44.9 Å². The molecule has 0 unspecified atom stereocenters. The zero-order valence-corrected chi connectivity index (χ0v) is 15.7. The summed E-state index contributed by atoms with van der Waals surface area (Å²) in [5, 5.41) is 0. The molecule has 7 aliphatic rings. The van der Waals surface area contributed by atoms with Crippen LogP contribution in [0, 0.1) is 29.6 Å². The highest BCUT2D eigenvalue weighted by molar-refractivity contribution is 4.92. The number of hydrogen-bond acceptors (Lipinski definition) is 0. The molecule has 0 atom stereocenters. The molecule has 0 aromatic rings. The van der Waals surface area contributed by atoms with Gasteiger partial charge in [-0.2, -0.15) is 0 Å². The molecule has 7 aliphatic carbocycles. The summed E-state index contributed by atoms with van der Waals surface area (Å²) in [6.45, 7) is 10.3. The molecule has 0 amide bonds. The third-order valence-corrected chi connectivity index (χ3v) is 5.95. The predicted octanol–water partition coefficient (Wildman–Crippen LogP) is 7.47. The van der Waals surface area contributed by atoms with Gasteiger partial charge >= 0.3 is 0 Å². The van der Waals surface area contributed by atoms with Crippen molar-refractivity contribution in [1.82, 2.24) is 0 Å². The van der Waals surface area contributed by atoms with E-state index in [-0.39, 0.29) is 0 Å². The molecular formula is C21H42. The Morgan fingerprint density at radius 3 is 0.762 bits per heavy atom. The van der Waals surface area contributed by atoms with Crippen molar-refractivity contribution in [1.29, 1.82) is 0 Å². The average molecular weight is 295 g/mol. The molecule has 7 fully saturated rings. The molecule has 0 aromatic heterocycles. The van der Waals surface area contributed by atoms with E-state index in [4.69, 9.17) is 0 Å². The van der Waals surface area contributed by atoms with Gasteiger partial charge in [-0.3, -0.25) is 0 Å². The van der Waals surface area contributed by atoms with E-state index in [9.17, 15) is 0 Å². The molecule has 126 valence electrons. The summed E-state index contributed by atoms with van der Waals surface area (Å²) >= 11 is 0. The van der Waals surface area contributed by atoms with Crippen molar-refractivity contribution >= 4 is 0 Å². The smallest absolute Gasteiger partial charge is 0.0406 e. The fourth-order valence-electron chi connectivity index (χ4n) is 3.86. The van der Waals surface area contributed by atoms with E-state index in [1.165, 1.54) is 49.4 Å². The molecule has 0 heterocycles. The summed E-state index contributed by atoms with van der Waals surface area (Å²) < 4.78 is 0. The van der Waals surface area contributed by atoms with Crippen LogP contribution in [0.15, 0.2) is 0 Å². The second-order valence-electron chi connectivity index (χ2n) is 7.61. The van der Waals surface area contributed by atoms with Crippen LogP contribution in [0.2, 0.25) is 0 Å². The lowest BCUT2D eigenvalue weighted by Gasteiger charge is -2.49. The standard InChI is InChI=1S/C7H12.C5H8.C5H10.2C2H6/c1-2-6-4-7(3-1)5-6;1-4-2-5(1)3-4;1-5-3-2-4-5;2*1-2/h6-7H,1-5H2;4-5H,1-3H2;5H,2-4H2,1H3;2*1-2H3. The van der Waals surface area contributed by atoms with Gasteiger partial charge in [0.05, 0.1) is 0 Å². The van der Waals surface area contributed by atoms with Crippen LogP contribution in [0.3, 0.4) is 0 Å². The average Bonchev–Trinajstić information content (AvgIpc) is 2.38. The Bertz CT molecular complexity index is 197. The van der Waals surface area contributed by atoms with Crippen molar-refractivity contribution in [3.8, 4) is 0 Å². The minimum atomic E-state index is 1.06. The van der Waals surface area contributed by atoms with Crippen molar-refractivity contribution in [3.63, 3.8) is 0 Å². The highest BCUT2D eigenvalue weighted by Gasteiger charge is 2.41. The predicted molar refractivity (Wildman–Crippen MR) is 96.6 cm³/mol. The van der Waals surface area contributed by atoms with Gasteiger partial charge in [0, 0.05) is 0 Å². The highest BCUT2D eigenvalue weighted by Crippen LogP contribution is 2.52. The van der Waals surface area contributed by atoms with Crippen LogP contribution >= 0.6 is 0 Å². The Morgan fingerprint density at radius 2 is 0.714 bits per heavy atom. The quantitative estimate of drug-likeness (QED) is 0.434. The molecule has 0 radical (unpaired) electrons. The Kier molecular flexibility index (Phi) is 9.69. The van der Waals surface area contributed by atoms with Crippen LogP contribution in [0.4, 0.5) is 0 Å². The summed E-state index contributed by atoms with van der Waals surface area (Å²) in [5.41, 5.74) is 0. The van der Waals surface area contributed by atoms with Gasteiger partial charge in [0.15, 0.2) is 0 Å². The van der Waals surface area contributed by atoms with Crippen molar-refractivity contribution in [2.75, 3.05) is 0 Å². The SMILES string of the molecule is C1C2CC1C2.C1CC2CC(C1)C2.CC.CC.CC1CCC1. The first-order chi connectivity index (χ1) is 10.3. The Morgan fingerprint density at radius 1 is 0.476 bits per heavy atom. The first kappa shape index (κ1) is 19.0.